The topological polar surface area (TPSA) is 90.7 Å². The molecule has 106 valence electrons. The van der Waals surface area contributed by atoms with E-state index in [9.17, 15) is 14.7 Å². The van der Waals surface area contributed by atoms with Crippen molar-refractivity contribution in [2.75, 3.05) is 26.2 Å². The summed E-state index contributed by atoms with van der Waals surface area (Å²) in [6.07, 6.45) is 1.30. The number of aromatic hydroxyl groups is 1. The molecule has 0 spiro atoms. The SMILES string of the molecule is CCN(CC)CCN=Cc1c(O)n(C)c(=O)[nH]c1=O. The van der Waals surface area contributed by atoms with Crippen molar-refractivity contribution in [3.63, 3.8) is 0 Å². The van der Waals surface area contributed by atoms with E-state index in [2.05, 4.69) is 28.7 Å². The summed E-state index contributed by atoms with van der Waals surface area (Å²) in [4.78, 5) is 31.1. The highest BCUT2D eigenvalue weighted by Crippen LogP contribution is 2.04. The number of nitrogens with zero attached hydrogens (tertiary/aromatic N) is 3. The van der Waals surface area contributed by atoms with Crippen LogP contribution in [0.4, 0.5) is 0 Å². The molecule has 0 aliphatic heterocycles. The van der Waals surface area contributed by atoms with Gasteiger partial charge in [-0.15, -0.1) is 0 Å². The van der Waals surface area contributed by atoms with Gasteiger partial charge in [-0.2, -0.15) is 0 Å². The molecule has 1 aromatic heterocycles. The van der Waals surface area contributed by atoms with Crippen LogP contribution in [0.15, 0.2) is 14.6 Å². The molecule has 19 heavy (non-hydrogen) atoms. The van der Waals surface area contributed by atoms with Gasteiger partial charge in [0, 0.05) is 19.8 Å². The summed E-state index contributed by atoms with van der Waals surface area (Å²) >= 11 is 0. The van der Waals surface area contributed by atoms with Gasteiger partial charge >= 0.3 is 5.69 Å². The number of hydrogen-bond donors (Lipinski definition) is 2. The molecule has 7 nitrogen and oxygen atoms in total. The van der Waals surface area contributed by atoms with Crippen LogP contribution in [0.1, 0.15) is 19.4 Å². The molecule has 7 heteroatoms. The molecule has 0 fully saturated rings. The predicted octanol–water partition coefficient (Wildman–Crippen LogP) is -0.460. The van der Waals surface area contributed by atoms with Gasteiger partial charge in [0.1, 0.15) is 5.56 Å². The average molecular weight is 268 g/mol. The Balaban J connectivity index is 2.81. The molecule has 1 aromatic rings. The minimum atomic E-state index is -0.650. The molecule has 2 N–H and O–H groups in total. The second-order valence-corrected chi connectivity index (χ2v) is 4.12. The summed E-state index contributed by atoms with van der Waals surface area (Å²) in [7, 11) is 1.38. The number of hydrogen-bond acceptors (Lipinski definition) is 5. The molecule has 0 aliphatic carbocycles. The molecule has 0 unspecified atom stereocenters. The van der Waals surface area contributed by atoms with Crippen LogP contribution in [0.25, 0.3) is 0 Å². The molecule has 0 saturated heterocycles. The summed E-state index contributed by atoms with van der Waals surface area (Å²) in [6.45, 7) is 7.33. The number of aromatic amines is 1. The molecule has 0 radical (unpaired) electrons. The Bertz CT molecular complexity index is 555. The van der Waals surface area contributed by atoms with Gasteiger partial charge < -0.3 is 10.0 Å². The van der Waals surface area contributed by atoms with E-state index in [1.54, 1.807) is 0 Å². The molecule has 0 bridgehead atoms. The van der Waals surface area contributed by atoms with E-state index in [4.69, 9.17) is 0 Å². The Kier molecular flexibility index (Phi) is 5.50. The van der Waals surface area contributed by atoms with Gasteiger partial charge in [0.25, 0.3) is 5.56 Å². The Morgan fingerprint density at radius 2 is 2.00 bits per heavy atom. The molecular weight excluding hydrogens is 248 g/mol. The monoisotopic (exact) mass is 268 g/mol. The summed E-state index contributed by atoms with van der Waals surface area (Å²) in [5.74, 6) is -0.375. The van der Waals surface area contributed by atoms with Crippen LogP contribution < -0.4 is 11.2 Å². The van der Waals surface area contributed by atoms with Gasteiger partial charge in [-0.1, -0.05) is 13.8 Å². The summed E-state index contributed by atoms with van der Waals surface area (Å²) in [5.41, 5.74) is -1.28. The Morgan fingerprint density at radius 3 is 2.58 bits per heavy atom. The highest BCUT2D eigenvalue weighted by atomic mass is 16.3. The summed E-state index contributed by atoms with van der Waals surface area (Å²) in [5, 5.41) is 9.70. The third kappa shape index (κ3) is 3.78. The molecule has 0 atom stereocenters. The number of nitrogens with one attached hydrogen (secondary N) is 1. The molecule has 0 aromatic carbocycles. The Labute approximate surface area is 111 Å². The van der Waals surface area contributed by atoms with Crippen LogP contribution >= 0.6 is 0 Å². The van der Waals surface area contributed by atoms with E-state index in [0.717, 1.165) is 24.2 Å². The third-order valence-corrected chi connectivity index (χ3v) is 2.99. The van der Waals surface area contributed by atoms with E-state index in [1.165, 1.54) is 13.3 Å². The van der Waals surface area contributed by atoms with Gasteiger partial charge in [-0.05, 0) is 13.1 Å². The Hall–Kier alpha value is -1.89. The molecule has 1 heterocycles. The van der Waals surface area contributed by atoms with E-state index in [1.807, 2.05) is 0 Å². The number of aliphatic imine (C=N–C) groups is 1. The first-order chi connectivity index (χ1) is 9.01. The van der Waals surface area contributed by atoms with Crippen LogP contribution in [0.5, 0.6) is 5.88 Å². The maximum absolute atomic E-state index is 11.5. The summed E-state index contributed by atoms with van der Waals surface area (Å²) in [6, 6.07) is 0. The minimum absolute atomic E-state index is 0.00152. The number of rotatable bonds is 6. The van der Waals surface area contributed by atoms with E-state index in [-0.39, 0.29) is 11.4 Å². The number of H-pyrrole nitrogens is 1. The zero-order valence-electron chi connectivity index (χ0n) is 11.5. The highest BCUT2D eigenvalue weighted by Gasteiger charge is 2.09. The van der Waals surface area contributed by atoms with Crippen LogP contribution in [-0.4, -0.2) is 52.0 Å². The van der Waals surface area contributed by atoms with Crippen molar-refractivity contribution in [3.05, 3.63) is 26.4 Å². The standard InChI is InChI=1S/C12H20N4O3/c1-4-16(5-2)7-6-13-8-9-10(17)14-12(19)15(3)11(9)18/h8,18H,4-7H2,1-3H3,(H,14,17,19). The van der Waals surface area contributed by atoms with E-state index in [0.29, 0.717) is 6.54 Å². The van der Waals surface area contributed by atoms with Crippen LogP contribution in [0.2, 0.25) is 0 Å². The lowest BCUT2D eigenvalue weighted by Crippen LogP contribution is -2.30. The fraction of sp³-hybridized carbons (Fsp3) is 0.583. The second-order valence-electron chi connectivity index (χ2n) is 4.12. The van der Waals surface area contributed by atoms with Crippen LogP contribution in [-0.2, 0) is 7.05 Å². The van der Waals surface area contributed by atoms with Crippen molar-refractivity contribution in [3.8, 4) is 5.88 Å². The first kappa shape index (κ1) is 15.2. The van der Waals surface area contributed by atoms with Crippen molar-refractivity contribution < 1.29 is 5.11 Å². The fourth-order valence-corrected chi connectivity index (χ4v) is 1.64. The molecular formula is C12H20N4O3. The lowest BCUT2D eigenvalue weighted by molar-refractivity contribution is 0.313. The zero-order chi connectivity index (χ0) is 14.4. The average Bonchev–Trinajstić information content (AvgIpc) is 2.39. The zero-order valence-corrected chi connectivity index (χ0v) is 11.5. The first-order valence-electron chi connectivity index (χ1n) is 6.25. The van der Waals surface area contributed by atoms with E-state index < -0.39 is 11.2 Å². The number of likely N-dealkylation sites (N-methyl/N-ethyl adjacent to an activating group) is 1. The first-order valence-corrected chi connectivity index (χ1v) is 6.25. The quantitative estimate of drug-likeness (QED) is 0.683. The fourth-order valence-electron chi connectivity index (χ4n) is 1.64. The van der Waals surface area contributed by atoms with Crippen molar-refractivity contribution >= 4 is 6.21 Å². The maximum Gasteiger partial charge on any atom is 0.330 e. The lowest BCUT2D eigenvalue weighted by atomic mass is 10.3. The van der Waals surface area contributed by atoms with Crippen molar-refractivity contribution in [2.45, 2.75) is 13.8 Å². The van der Waals surface area contributed by atoms with Gasteiger partial charge in [0.05, 0.1) is 6.54 Å². The smallest absolute Gasteiger partial charge is 0.330 e. The van der Waals surface area contributed by atoms with Crippen molar-refractivity contribution in [1.29, 1.82) is 0 Å². The molecule has 0 saturated carbocycles. The normalized spacial score (nSPS) is 11.6. The predicted molar refractivity (Wildman–Crippen MR) is 74.2 cm³/mol. The lowest BCUT2D eigenvalue weighted by Gasteiger charge is -2.15. The van der Waals surface area contributed by atoms with Crippen molar-refractivity contribution in [2.24, 2.45) is 12.0 Å². The summed E-state index contributed by atoms with van der Waals surface area (Å²) < 4.78 is 0.965. The Morgan fingerprint density at radius 1 is 1.37 bits per heavy atom. The largest absolute Gasteiger partial charge is 0.494 e. The van der Waals surface area contributed by atoms with Gasteiger partial charge in [-0.3, -0.25) is 19.3 Å². The van der Waals surface area contributed by atoms with Crippen LogP contribution in [0.3, 0.4) is 0 Å². The molecule has 1 rings (SSSR count). The molecule has 0 amide bonds. The molecule has 0 aliphatic rings. The van der Waals surface area contributed by atoms with Crippen LogP contribution in [0, 0.1) is 0 Å². The highest BCUT2D eigenvalue weighted by molar-refractivity contribution is 5.81. The minimum Gasteiger partial charge on any atom is -0.494 e. The van der Waals surface area contributed by atoms with Crippen molar-refractivity contribution in [1.82, 2.24) is 14.5 Å². The van der Waals surface area contributed by atoms with Gasteiger partial charge in [0.15, 0.2) is 0 Å². The van der Waals surface area contributed by atoms with Gasteiger partial charge in [0.2, 0.25) is 5.88 Å². The van der Waals surface area contributed by atoms with Gasteiger partial charge in [-0.25, -0.2) is 4.79 Å². The number of aromatic nitrogens is 2. The third-order valence-electron chi connectivity index (χ3n) is 2.99. The maximum atomic E-state index is 11.5. The second kappa shape index (κ2) is 6.89. The van der Waals surface area contributed by atoms with E-state index >= 15 is 0 Å².